The zero-order valence-electron chi connectivity index (χ0n) is 13.3. The summed E-state index contributed by atoms with van der Waals surface area (Å²) in [7, 11) is 0. The SMILES string of the molecule is Oc1cc2ccccc2cc1O.Oc1cc2ccccc2cc1O.[B]. The van der Waals surface area contributed by atoms with E-state index in [4.69, 9.17) is 20.4 Å². The second kappa shape index (κ2) is 7.49. The lowest BCUT2D eigenvalue weighted by Crippen LogP contribution is -1.72. The number of benzene rings is 4. The molecule has 0 spiro atoms. The van der Waals surface area contributed by atoms with Gasteiger partial charge < -0.3 is 20.4 Å². The minimum absolute atomic E-state index is 0. The Morgan fingerprint density at radius 2 is 0.600 bits per heavy atom. The zero-order chi connectivity index (χ0) is 17.1. The van der Waals surface area contributed by atoms with E-state index in [0.717, 1.165) is 21.5 Å². The van der Waals surface area contributed by atoms with Gasteiger partial charge in [0.25, 0.3) is 0 Å². The highest BCUT2D eigenvalue weighted by Gasteiger charge is 2.00. The molecule has 0 aliphatic rings. The smallest absolute Gasteiger partial charge is 0.158 e. The van der Waals surface area contributed by atoms with Gasteiger partial charge in [0.15, 0.2) is 23.0 Å². The average molecular weight is 331 g/mol. The van der Waals surface area contributed by atoms with Crippen molar-refractivity contribution in [2.75, 3.05) is 0 Å². The van der Waals surface area contributed by atoms with Crippen LogP contribution in [0.5, 0.6) is 23.0 Å². The van der Waals surface area contributed by atoms with E-state index in [9.17, 15) is 0 Å². The third-order valence-electron chi connectivity index (χ3n) is 3.69. The fourth-order valence-electron chi connectivity index (χ4n) is 2.43. The van der Waals surface area contributed by atoms with Crippen molar-refractivity contribution in [3.63, 3.8) is 0 Å². The van der Waals surface area contributed by atoms with Crippen molar-refractivity contribution < 1.29 is 20.4 Å². The van der Waals surface area contributed by atoms with E-state index < -0.39 is 0 Å². The summed E-state index contributed by atoms with van der Waals surface area (Å²) in [6.45, 7) is 0. The zero-order valence-corrected chi connectivity index (χ0v) is 13.3. The van der Waals surface area contributed by atoms with Gasteiger partial charge in [0.2, 0.25) is 0 Å². The Labute approximate surface area is 146 Å². The molecule has 123 valence electrons. The predicted octanol–water partition coefficient (Wildman–Crippen LogP) is 4.12. The van der Waals surface area contributed by atoms with Gasteiger partial charge in [0.05, 0.1) is 0 Å². The molecule has 3 radical (unpaired) electrons. The third kappa shape index (κ3) is 3.95. The van der Waals surface area contributed by atoms with Gasteiger partial charge in [-0.05, 0) is 45.8 Å². The molecular weight excluding hydrogens is 315 g/mol. The highest BCUT2D eigenvalue weighted by Crippen LogP contribution is 2.30. The number of rotatable bonds is 0. The topological polar surface area (TPSA) is 80.9 Å². The van der Waals surface area contributed by atoms with E-state index in [0.29, 0.717) is 0 Å². The summed E-state index contributed by atoms with van der Waals surface area (Å²) in [5.41, 5.74) is 0. The fourth-order valence-corrected chi connectivity index (χ4v) is 2.43. The number of hydrogen-bond acceptors (Lipinski definition) is 4. The maximum Gasteiger partial charge on any atom is 0.158 e. The molecule has 4 rings (SSSR count). The number of aromatic hydroxyl groups is 4. The Kier molecular flexibility index (Phi) is 5.40. The Morgan fingerprint density at radius 3 is 0.800 bits per heavy atom. The van der Waals surface area contributed by atoms with Crippen molar-refractivity contribution in [2.45, 2.75) is 0 Å². The fraction of sp³-hybridized carbons (Fsp3) is 0. The van der Waals surface area contributed by atoms with Gasteiger partial charge in [0, 0.05) is 8.41 Å². The summed E-state index contributed by atoms with van der Waals surface area (Å²) >= 11 is 0. The Hall–Kier alpha value is -3.34. The van der Waals surface area contributed by atoms with Gasteiger partial charge in [-0.2, -0.15) is 0 Å². The molecule has 4 nitrogen and oxygen atoms in total. The first-order chi connectivity index (χ1) is 11.5. The van der Waals surface area contributed by atoms with Crippen molar-refractivity contribution in [3.05, 3.63) is 72.8 Å². The first kappa shape index (κ1) is 18.0. The van der Waals surface area contributed by atoms with Crippen molar-refractivity contribution >= 4 is 30.0 Å². The van der Waals surface area contributed by atoms with Crippen LogP contribution in [0.15, 0.2) is 72.8 Å². The van der Waals surface area contributed by atoms with Gasteiger partial charge >= 0.3 is 0 Å². The summed E-state index contributed by atoms with van der Waals surface area (Å²) in [4.78, 5) is 0. The second-order valence-corrected chi connectivity index (χ2v) is 5.38. The van der Waals surface area contributed by atoms with Gasteiger partial charge in [-0.15, -0.1) is 0 Å². The van der Waals surface area contributed by atoms with Crippen LogP contribution in [0.4, 0.5) is 0 Å². The van der Waals surface area contributed by atoms with Crippen LogP contribution in [0.25, 0.3) is 21.5 Å². The molecule has 4 aromatic carbocycles. The predicted molar refractivity (Wildman–Crippen MR) is 100 cm³/mol. The molecule has 0 saturated heterocycles. The van der Waals surface area contributed by atoms with Gasteiger partial charge in [-0.25, -0.2) is 0 Å². The Balaban J connectivity index is 0.000000173. The lowest BCUT2D eigenvalue weighted by Gasteiger charge is -2.00. The van der Waals surface area contributed by atoms with Crippen LogP contribution >= 0.6 is 0 Å². The molecule has 5 heteroatoms. The molecule has 4 aromatic rings. The molecule has 0 bridgehead atoms. The van der Waals surface area contributed by atoms with E-state index in [2.05, 4.69) is 0 Å². The van der Waals surface area contributed by atoms with Crippen molar-refractivity contribution in [1.82, 2.24) is 0 Å². The number of phenolic OH excluding ortho intramolecular Hbond substituents is 4. The van der Waals surface area contributed by atoms with E-state index >= 15 is 0 Å². The maximum atomic E-state index is 9.17. The largest absolute Gasteiger partial charge is 0.504 e. The quantitative estimate of drug-likeness (QED) is 0.289. The highest BCUT2D eigenvalue weighted by molar-refractivity contribution is 5.86. The van der Waals surface area contributed by atoms with Gasteiger partial charge in [0.1, 0.15) is 0 Å². The lowest BCUT2D eigenvalue weighted by atomic mass is 10.1. The minimum atomic E-state index is -0.0753. The standard InChI is InChI=1S/2C10H8O2.B/c2*11-9-5-7-3-1-2-4-8(7)6-10(9)12;/h2*1-6,11-12H;. The maximum absolute atomic E-state index is 9.17. The third-order valence-corrected chi connectivity index (χ3v) is 3.69. The molecule has 0 aliphatic carbocycles. The second-order valence-electron chi connectivity index (χ2n) is 5.38. The minimum Gasteiger partial charge on any atom is -0.504 e. The van der Waals surface area contributed by atoms with E-state index in [1.165, 1.54) is 0 Å². The van der Waals surface area contributed by atoms with Crippen molar-refractivity contribution in [2.24, 2.45) is 0 Å². The van der Waals surface area contributed by atoms with Crippen LogP contribution in [-0.4, -0.2) is 28.8 Å². The molecule has 25 heavy (non-hydrogen) atoms. The van der Waals surface area contributed by atoms with Crippen LogP contribution in [0.2, 0.25) is 0 Å². The van der Waals surface area contributed by atoms with E-state index in [1.54, 1.807) is 24.3 Å². The normalized spacial score (nSPS) is 9.92. The van der Waals surface area contributed by atoms with E-state index in [1.807, 2.05) is 48.5 Å². The summed E-state index contributed by atoms with van der Waals surface area (Å²) in [5, 5.41) is 40.4. The molecule has 0 aromatic heterocycles. The van der Waals surface area contributed by atoms with Crippen LogP contribution < -0.4 is 0 Å². The lowest BCUT2D eigenvalue weighted by molar-refractivity contribution is 0.405. The van der Waals surface area contributed by atoms with Crippen LogP contribution in [-0.2, 0) is 0 Å². The molecule has 0 unspecified atom stereocenters. The van der Waals surface area contributed by atoms with Crippen LogP contribution in [0, 0.1) is 0 Å². The Bertz CT molecular complexity index is 851. The molecule has 4 N–H and O–H groups in total. The molecule has 0 aliphatic heterocycles. The number of phenols is 4. The Morgan fingerprint density at radius 1 is 0.400 bits per heavy atom. The summed E-state index contributed by atoms with van der Waals surface area (Å²) in [5.74, 6) is -0.301. The molecule has 0 atom stereocenters. The van der Waals surface area contributed by atoms with E-state index in [-0.39, 0.29) is 31.4 Å². The highest BCUT2D eigenvalue weighted by atomic mass is 16.3. The molecular formula is C20H16BO4. The molecule has 0 fully saturated rings. The van der Waals surface area contributed by atoms with Gasteiger partial charge in [-0.1, -0.05) is 48.5 Å². The van der Waals surface area contributed by atoms with Gasteiger partial charge in [-0.3, -0.25) is 0 Å². The monoisotopic (exact) mass is 331 g/mol. The number of fused-ring (bicyclic) bond motifs is 2. The van der Waals surface area contributed by atoms with Crippen molar-refractivity contribution in [1.29, 1.82) is 0 Å². The number of hydrogen-bond donors (Lipinski definition) is 4. The summed E-state index contributed by atoms with van der Waals surface area (Å²) in [6.07, 6.45) is 0. The van der Waals surface area contributed by atoms with Crippen molar-refractivity contribution in [3.8, 4) is 23.0 Å². The first-order valence-corrected chi connectivity index (χ1v) is 7.36. The average Bonchev–Trinajstić information content (AvgIpc) is 2.57. The van der Waals surface area contributed by atoms with Crippen LogP contribution in [0.3, 0.4) is 0 Å². The van der Waals surface area contributed by atoms with Crippen LogP contribution in [0.1, 0.15) is 0 Å². The summed E-state index contributed by atoms with van der Waals surface area (Å²) in [6, 6.07) is 21.3. The first-order valence-electron chi connectivity index (χ1n) is 7.36. The summed E-state index contributed by atoms with van der Waals surface area (Å²) < 4.78 is 0. The molecule has 0 saturated carbocycles. The molecule has 0 amide bonds. The molecule has 0 heterocycles.